The number of nitro benzene ring substituents is 1. The summed E-state index contributed by atoms with van der Waals surface area (Å²) in [5.41, 5.74) is 2.69. The van der Waals surface area contributed by atoms with Crippen LogP contribution in [0.4, 0.5) is 5.69 Å². The Hall–Kier alpha value is -4.27. The van der Waals surface area contributed by atoms with Gasteiger partial charge in [-0.3, -0.25) is 10.1 Å². The summed E-state index contributed by atoms with van der Waals surface area (Å²) in [5.74, 6) is 2.17. The van der Waals surface area contributed by atoms with Crippen molar-refractivity contribution in [2.75, 3.05) is 6.61 Å². The molecule has 0 aromatic heterocycles. The van der Waals surface area contributed by atoms with E-state index in [1.54, 1.807) is 6.07 Å². The molecule has 0 spiro atoms. The summed E-state index contributed by atoms with van der Waals surface area (Å²) < 4.78 is 24.1. The van der Waals surface area contributed by atoms with E-state index in [4.69, 9.17) is 30.5 Å². The van der Waals surface area contributed by atoms with Crippen molar-refractivity contribution in [2.45, 2.75) is 39.8 Å². The Morgan fingerprint density at radius 1 is 0.850 bits per heavy atom. The number of nitro groups is 1. The van der Waals surface area contributed by atoms with Gasteiger partial charge in [-0.1, -0.05) is 48.0 Å². The fraction of sp³-hybridized carbons (Fsp3) is 0.226. The summed E-state index contributed by atoms with van der Waals surface area (Å²) in [4.78, 5) is 10.6. The predicted octanol–water partition coefficient (Wildman–Crippen LogP) is 7.44. The van der Waals surface area contributed by atoms with Crippen LogP contribution in [0.5, 0.6) is 23.0 Å². The Labute approximate surface area is 237 Å². The normalized spacial score (nSPS) is 11.5. The number of aliphatic hydroxyl groups excluding tert-OH is 1. The minimum atomic E-state index is -0.537. The van der Waals surface area contributed by atoms with E-state index in [-0.39, 0.29) is 17.9 Å². The zero-order valence-corrected chi connectivity index (χ0v) is 23.0. The molecule has 0 heterocycles. The van der Waals surface area contributed by atoms with Gasteiger partial charge in [0, 0.05) is 16.7 Å². The summed E-state index contributed by atoms with van der Waals surface area (Å²) in [6, 6.07) is 25.1. The van der Waals surface area contributed by atoms with E-state index >= 15 is 0 Å². The Morgan fingerprint density at radius 2 is 1.60 bits per heavy atom. The smallest absolute Gasteiger partial charge is 0.275 e. The van der Waals surface area contributed by atoms with Crippen LogP contribution in [0.2, 0.25) is 5.02 Å². The fourth-order valence-corrected chi connectivity index (χ4v) is 4.27. The maximum atomic E-state index is 11.1. The molecule has 0 aliphatic carbocycles. The lowest BCUT2D eigenvalue weighted by atomic mass is 10.1. The topological polar surface area (TPSA) is 100 Å². The van der Waals surface area contributed by atoms with Crippen LogP contribution in [0.1, 0.15) is 42.2 Å². The maximum Gasteiger partial charge on any atom is 0.275 e. The molecule has 0 aliphatic heterocycles. The first-order valence-electron chi connectivity index (χ1n) is 12.8. The third-order valence-electron chi connectivity index (χ3n) is 6.08. The van der Waals surface area contributed by atoms with Gasteiger partial charge < -0.3 is 24.1 Å². The van der Waals surface area contributed by atoms with Crippen LogP contribution in [-0.2, 0) is 19.8 Å². The molecule has 0 fully saturated rings. The highest BCUT2D eigenvalue weighted by Gasteiger charge is 2.18. The number of hydrogen-bond acceptors (Lipinski definition) is 7. The molecule has 8 nitrogen and oxygen atoms in total. The molecule has 4 aromatic rings. The molecule has 1 unspecified atom stereocenters. The van der Waals surface area contributed by atoms with Crippen LogP contribution >= 0.6 is 11.6 Å². The molecule has 208 valence electrons. The monoisotopic (exact) mass is 563 g/mol. The largest absolute Gasteiger partial charge is 0.490 e. The highest BCUT2D eigenvalue weighted by molar-refractivity contribution is 6.30. The van der Waals surface area contributed by atoms with E-state index < -0.39 is 17.6 Å². The molecule has 1 N–H and O–H groups in total. The molecule has 0 amide bonds. The lowest BCUT2D eigenvalue weighted by Crippen LogP contribution is -2.08. The number of halogens is 1. The third-order valence-corrected chi connectivity index (χ3v) is 6.32. The standard InChI is InChI=1S/C31H30ClNO7/c1-3-37-31-15-23(20-38-26-11-12-28(33(35)36)24(16-26)18-34)9-13-30(31)40-21(2)27-17-25(32)10-14-29(27)39-19-22-7-5-4-6-8-22/h4-17,21,34H,3,18-20H2,1-2H3. The minimum absolute atomic E-state index is 0.155. The zero-order valence-electron chi connectivity index (χ0n) is 22.2. The van der Waals surface area contributed by atoms with Crippen molar-refractivity contribution in [1.29, 1.82) is 0 Å². The Morgan fingerprint density at radius 3 is 2.33 bits per heavy atom. The van der Waals surface area contributed by atoms with Crippen molar-refractivity contribution in [2.24, 2.45) is 0 Å². The van der Waals surface area contributed by atoms with Crippen molar-refractivity contribution in [3.05, 3.63) is 122 Å². The number of benzene rings is 4. The Kier molecular flexibility index (Phi) is 9.83. The number of nitrogens with zero attached hydrogens (tertiary/aromatic N) is 1. The number of aliphatic hydroxyl groups is 1. The van der Waals surface area contributed by atoms with Gasteiger partial charge in [-0.05, 0) is 67.4 Å². The quantitative estimate of drug-likeness (QED) is 0.133. The summed E-state index contributed by atoms with van der Waals surface area (Å²) in [7, 11) is 0. The van der Waals surface area contributed by atoms with Gasteiger partial charge in [0.15, 0.2) is 11.5 Å². The van der Waals surface area contributed by atoms with E-state index in [1.807, 2.05) is 74.5 Å². The van der Waals surface area contributed by atoms with Gasteiger partial charge in [0.1, 0.15) is 30.8 Å². The zero-order chi connectivity index (χ0) is 28.5. The molecule has 0 saturated carbocycles. The summed E-state index contributed by atoms with van der Waals surface area (Å²) in [6.07, 6.45) is -0.400. The van der Waals surface area contributed by atoms with Gasteiger partial charge in [-0.2, -0.15) is 0 Å². The molecule has 40 heavy (non-hydrogen) atoms. The first-order valence-corrected chi connectivity index (χ1v) is 13.1. The van der Waals surface area contributed by atoms with E-state index in [9.17, 15) is 15.2 Å². The molecule has 0 aliphatic rings. The second kappa shape index (κ2) is 13.7. The van der Waals surface area contributed by atoms with Gasteiger partial charge in [0.05, 0.1) is 23.7 Å². The minimum Gasteiger partial charge on any atom is -0.490 e. The first kappa shape index (κ1) is 28.7. The van der Waals surface area contributed by atoms with Crippen LogP contribution in [0.25, 0.3) is 0 Å². The molecule has 9 heteroatoms. The molecular weight excluding hydrogens is 534 g/mol. The van der Waals surface area contributed by atoms with Crippen LogP contribution < -0.4 is 18.9 Å². The van der Waals surface area contributed by atoms with Crippen molar-refractivity contribution >= 4 is 17.3 Å². The molecular formula is C31H30ClNO7. The highest BCUT2D eigenvalue weighted by atomic mass is 35.5. The lowest BCUT2D eigenvalue weighted by Gasteiger charge is -2.21. The Bertz CT molecular complexity index is 1450. The molecule has 1 atom stereocenters. The number of ether oxygens (including phenoxy) is 4. The van der Waals surface area contributed by atoms with Crippen LogP contribution in [0.3, 0.4) is 0 Å². The number of hydrogen-bond donors (Lipinski definition) is 1. The van der Waals surface area contributed by atoms with Crippen molar-refractivity contribution in [3.8, 4) is 23.0 Å². The van der Waals surface area contributed by atoms with Gasteiger partial charge >= 0.3 is 0 Å². The first-order chi connectivity index (χ1) is 19.4. The molecule has 0 saturated heterocycles. The highest BCUT2D eigenvalue weighted by Crippen LogP contribution is 2.36. The van der Waals surface area contributed by atoms with Gasteiger partial charge in [0.2, 0.25) is 0 Å². The third kappa shape index (κ3) is 7.43. The SMILES string of the molecule is CCOc1cc(COc2ccc([N+](=O)[O-])c(CO)c2)ccc1OC(C)c1cc(Cl)ccc1OCc1ccccc1. The molecule has 0 bridgehead atoms. The van der Waals surface area contributed by atoms with E-state index in [1.165, 1.54) is 18.2 Å². The van der Waals surface area contributed by atoms with Crippen LogP contribution in [-0.4, -0.2) is 16.6 Å². The maximum absolute atomic E-state index is 11.1. The average molecular weight is 564 g/mol. The lowest BCUT2D eigenvalue weighted by molar-refractivity contribution is -0.385. The second-order valence-corrected chi connectivity index (χ2v) is 9.36. The predicted molar refractivity (Wildman–Crippen MR) is 152 cm³/mol. The van der Waals surface area contributed by atoms with Crippen LogP contribution in [0, 0.1) is 10.1 Å². The molecule has 0 radical (unpaired) electrons. The van der Waals surface area contributed by atoms with Gasteiger partial charge in [0.25, 0.3) is 5.69 Å². The van der Waals surface area contributed by atoms with Crippen molar-refractivity contribution in [1.82, 2.24) is 0 Å². The molecule has 4 rings (SSSR count). The second-order valence-electron chi connectivity index (χ2n) is 8.93. The van der Waals surface area contributed by atoms with E-state index in [2.05, 4.69) is 0 Å². The van der Waals surface area contributed by atoms with E-state index in [0.29, 0.717) is 41.2 Å². The summed E-state index contributed by atoms with van der Waals surface area (Å²) in [5, 5.41) is 21.2. The van der Waals surface area contributed by atoms with E-state index in [0.717, 1.165) is 16.7 Å². The Balaban J connectivity index is 1.48. The van der Waals surface area contributed by atoms with Crippen LogP contribution in [0.15, 0.2) is 84.9 Å². The average Bonchev–Trinajstić information content (AvgIpc) is 2.96. The van der Waals surface area contributed by atoms with Crippen molar-refractivity contribution in [3.63, 3.8) is 0 Å². The summed E-state index contributed by atoms with van der Waals surface area (Å²) in [6.45, 7) is 4.37. The van der Waals surface area contributed by atoms with Gasteiger partial charge in [-0.25, -0.2) is 0 Å². The molecule has 4 aromatic carbocycles. The summed E-state index contributed by atoms with van der Waals surface area (Å²) >= 11 is 6.31. The van der Waals surface area contributed by atoms with Gasteiger partial charge in [-0.15, -0.1) is 0 Å². The fourth-order valence-electron chi connectivity index (χ4n) is 4.09. The number of rotatable bonds is 13. The van der Waals surface area contributed by atoms with Crippen molar-refractivity contribution < 1.29 is 29.0 Å².